The number of carboxylic acids is 1. The van der Waals surface area contributed by atoms with Crippen LogP contribution in [0.25, 0.3) is 0 Å². The molecule has 0 atom stereocenters. The number of hydrogen-bond acceptors (Lipinski definition) is 9. The van der Waals surface area contributed by atoms with Crippen LogP contribution in [0.1, 0.15) is 36.6 Å². The number of hydrogen-bond donors (Lipinski definition) is 5. The van der Waals surface area contributed by atoms with Crippen molar-refractivity contribution in [2.45, 2.75) is 0 Å². The first-order valence-corrected chi connectivity index (χ1v) is 12.3. The predicted octanol–water partition coefficient (Wildman–Crippen LogP) is 4.23. The van der Waals surface area contributed by atoms with Crippen LogP contribution in [-0.2, 0) is 0 Å². The number of nitrogens with one attached hydrogen (secondary N) is 1. The van der Waals surface area contributed by atoms with E-state index in [0.29, 0.717) is 0 Å². The fourth-order valence-corrected chi connectivity index (χ4v) is 3.68. The zero-order chi connectivity index (χ0) is 32.3. The Balaban J connectivity index is 1.87. The summed E-state index contributed by atoms with van der Waals surface area (Å²) in [6, 6.07) is 11.8. The lowest BCUT2D eigenvalue weighted by Crippen LogP contribution is -2.21. The van der Waals surface area contributed by atoms with E-state index in [1.54, 1.807) is 0 Å². The van der Waals surface area contributed by atoms with Crippen molar-refractivity contribution < 1.29 is 47.6 Å². The molecule has 1 heterocycles. The summed E-state index contributed by atoms with van der Waals surface area (Å²) in [5.41, 5.74) is 10.2. The molecule has 0 aliphatic carbocycles. The van der Waals surface area contributed by atoms with Gasteiger partial charge in [0.15, 0.2) is 11.5 Å². The average molecular weight is 608 g/mol. The van der Waals surface area contributed by atoms with Gasteiger partial charge < -0.3 is 40.8 Å². The minimum atomic E-state index is -1.57. The molecule has 0 radical (unpaired) electrons. The van der Waals surface area contributed by atoms with Gasteiger partial charge in [-0.15, -0.1) is 0 Å². The molecular weight excluding hydrogens is 584 g/mol. The Morgan fingerprint density at radius 2 is 1.45 bits per heavy atom. The molecule has 7 N–H and O–H groups in total. The van der Waals surface area contributed by atoms with Crippen LogP contribution in [0.3, 0.4) is 0 Å². The van der Waals surface area contributed by atoms with Crippen LogP contribution in [0.15, 0.2) is 60.7 Å². The number of amidine groups is 1. The monoisotopic (exact) mass is 607 g/mol. The Bertz CT molecular complexity index is 1800. The molecule has 0 fully saturated rings. The first-order valence-electron chi connectivity index (χ1n) is 12.3. The first kappa shape index (κ1) is 30.7. The summed E-state index contributed by atoms with van der Waals surface area (Å²) >= 11 is 0. The van der Waals surface area contributed by atoms with Crippen LogP contribution >= 0.6 is 0 Å². The number of halogens is 2. The summed E-state index contributed by atoms with van der Waals surface area (Å²) in [5, 5.41) is 27.3. The summed E-state index contributed by atoms with van der Waals surface area (Å²) in [6.07, 6.45) is 0. The molecule has 0 saturated carbocycles. The molecule has 226 valence electrons. The van der Waals surface area contributed by atoms with Gasteiger partial charge in [0, 0.05) is 30.8 Å². The number of carbonyl (C=O) groups excluding carboxylic acids is 2. The number of phenols is 1. The highest BCUT2D eigenvalue weighted by Crippen LogP contribution is 2.41. The van der Waals surface area contributed by atoms with Gasteiger partial charge in [0.1, 0.15) is 17.3 Å². The van der Waals surface area contributed by atoms with Crippen molar-refractivity contribution in [3.8, 4) is 40.5 Å². The van der Waals surface area contributed by atoms with Crippen LogP contribution < -0.4 is 25.7 Å². The molecule has 15 heteroatoms. The van der Waals surface area contributed by atoms with Crippen molar-refractivity contribution in [2.24, 2.45) is 11.5 Å². The third kappa shape index (κ3) is 6.62. The van der Waals surface area contributed by atoms with Gasteiger partial charge in [0.2, 0.25) is 23.3 Å². The summed E-state index contributed by atoms with van der Waals surface area (Å²) < 4.78 is 47.9. The highest BCUT2D eigenvalue weighted by molar-refractivity contribution is 5.97. The Labute approximate surface area is 247 Å². The van der Waals surface area contributed by atoms with E-state index in [1.807, 2.05) is 0 Å². The van der Waals surface area contributed by atoms with Crippen molar-refractivity contribution in [3.63, 3.8) is 0 Å². The van der Waals surface area contributed by atoms with Crippen molar-refractivity contribution in [1.82, 2.24) is 9.88 Å². The van der Waals surface area contributed by atoms with Gasteiger partial charge in [0.25, 0.3) is 17.7 Å². The maximum absolute atomic E-state index is 15.8. The molecule has 2 amide bonds. The number of rotatable bonds is 10. The summed E-state index contributed by atoms with van der Waals surface area (Å²) in [5.74, 6) is -11.1. The number of nitrogen functional groups attached to an aromatic ring is 1. The predicted molar refractivity (Wildman–Crippen MR) is 150 cm³/mol. The minimum absolute atomic E-state index is 0.0834. The van der Waals surface area contributed by atoms with E-state index in [-0.39, 0.29) is 22.4 Å². The van der Waals surface area contributed by atoms with E-state index in [9.17, 15) is 24.6 Å². The summed E-state index contributed by atoms with van der Waals surface area (Å²) in [4.78, 5) is 40.8. The van der Waals surface area contributed by atoms with Crippen LogP contribution in [0.2, 0.25) is 0 Å². The van der Waals surface area contributed by atoms with Gasteiger partial charge in [-0.2, -0.15) is 13.8 Å². The zero-order valence-electron chi connectivity index (χ0n) is 22.9. The van der Waals surface area contributed by atoms with E-state index < -0.39 is 75.6 Å². The van der Waals surface area contributed by atoms with Gasteiger partial charge in [0.05, 0.1) is 5.56 Å². The van der Waals surface area contributed by atoms with Crippen molar-refractivity contribution in [2.75, 3.05) is 14.1 Å². The molecule has 0 unspecified atom stereocenters. The number of nitrogens with zero attached hydrogens (tertiary/aromatic N) is 2. The number of primary amides is 1. The minimum Gasteiger partial charge on any atom is -0.504 e. The summed E-state index contributed by atoms with van der Waals surface area (Å²) in [7, 11) is 3.04. The molecule has 1 aromatic heterocycles. The molecule has 0 spiro atoms. The van der Waals surface area contributed by atoms with Gasteiger partial charge in [-0.3, -0.25) is 15.0 Å². The molecule has 4 aromatic rings. The second-order valence-corrected chi connectivity index (χ2v) is 9.22. The zero-order valence-corrected chi connectivity index (χ0v) is 22.9. The van der Waals surface area contributed by atoms with Gasteiger partial charge in [-0.25, -0.2) is 4.79 Å². The number of aromatic hydroxyl groups is 1. The largest absolute Gasteiger partial charge is 0.504 e. The van der Waals surface area contributed by atoms with Crippen molar-refractivity contribution in [1.29, 1.82) is 5.41 Å². The highest BCUT2D eigenvalue weighted by atomic mass is 19.1. The van der Waals surface area contributed by atoms with E-state index in [1.165, 1.54) is 49.3 Å². The van der Waals surface area contributed by atoms with Gasteiger partial charge in [-0.1, -0.05) is 6.07 Å². The Morgan fingerprint density at radius 3 is 2.07 bits per heavy atom. The van der Waals surface area contributed by atoms with E-state index >= 15 is 8.78 Å². The summed E-state index contributed by atoms with van der Waals surface area (Å²) in [6.45, 7) is 0. The topological polar surface area (TPSA) is 211 Å². The highest BCUT2D eigenvalue weighted by Gasteiger charge is 2.27. The fraction of sp³-hybridized carbons (Fsp3) is 0.0690. The number of carbonyl (C=O) groups is 3. The first-order chi connectivity index (χ1) is 20.7. The second-order valence-electron chi connectivity index (χ2n) is 9.22. The van der Waals surface area contributed by atoms with Gasteiger partial charge >= 0.3 is 5.97 Å². The molecule has 0 aliphatic rings. The Kier molecular flexibility index (Phi) is 8.60. The molecule has 0 saturated heterocycles. The third-order valence-electron chi connectivity index (χ3n) is 5.81. The SMILES string of the molecule is CN(C)C(=O)c1cccc(Oc2nc(Oc3cc(C(=N)N)ccc3O)c(F)c(Oc3cc(C(N)=O)cc(C(=O)O)c3)c2F)c1. The van der Waals surface area contributed by atoms with Crippen LogP contribution in [-0.4, -0.2) is 57.8 Å². The quantitative estimate of drug-likeness (QED) is 0.128. The number of aromatic nitrogens is 1. The van der Waals surface area contributed by atoms with Crippen LogP contribution in [0, 0.1) is 17.0 Å². The number of nitrogens with two attached hydrogens (primary N) is 2. The average Bonchev–Trinajstić information content (AvgIpc) is 2.98. The Morgan fingerprint density at radius 1 is 0.818 bits per heavy atom. The Hall–Kier alpha value is -6.25. The van der Waals surface area contributed by atoms with E-state index in [2.05, 4.69) is 4.98 Å². The smallest absolute Gasteiger partial charge is 0.335 e. The number of carboxylic acid groups (broad SMARTS) is 1. The maximum atomic E-state index is 15.8. The van der Waals surface area contributed by atoms with E-state index in [4.69, 9.17) is 31.1 Å². The normalized spacial score (nSPS) is 10.5. The number of pyridine rings is 1. The molecule has 44 heavy (non-hydrogen) atoms. The molecular formula is C29H23F2N5O8. The lowest BCUT2D eigenvalue weighted by molar-refractivity contribution is 0.0696. The van der Waals surface area contributed by atoms with Gasteiger partial charge in [-0.05, 0) is 54.6 Å². The van der Waals surface area contributed by atoms with Crippen LogP contribution in [0.5, 0.6) is 40.5 Å². The second kappa shape index (κ2) is 12.3. The number of phenolic OH excluding ortho intramolecular Hbond substituents is 1. The molecule has 13 nitrogen and oxygen atoms in total. The van der Waals surface area contributed by atoms with Crippen LogP contribution in [0.4, 0.5) is 8.78 Å². The molecule has 3 aromatic carbocycles. The van der Waals surface area contributed by atoms with Crippen molar-refractivity contribution >= 4 is 23.6 Å². The van der Waals surface area contributed by atoms with E-state index in [0.717, 1.165) is 30.3 Å². The fourth-order valence-electron chi connectivity index (χ4n) is 3.68. The number of benzene rings is 3. The van der Waals surface area contributed by atoms with Crippen molar-refractivity contribution in [3.05, 3.63) is 94.6 Å². The maximum Gasteiger partial charge on any atom is 0.335 e. The number of aromatic carboxylic acids is 1. The number of ether oxygens (including phenoxy) is 3. The molecule has 4 rings (SSSR count). The number of amides is 2. The standard InChI is InChI=1S/C29H23F2N5O8/c1-36(2)28(39)14-4-3-5-17(9-14)43-26-21(30)23(42-18-10-15(25(34)38)8-16(11-18)29(40)41)22(31)27(35-26)44-20-12-13(24(32)33)6-7-19(20)37/h3-12,37H,1-2H3,(H3,32,33)(H2,34,38)(H,40,41). The third-order valence-corrected chi connectivity index (χ3v) is 5.81. The lowest BCUT2D eigenvalue weighted by Gasteiger charge is -2.16. The molecule has 0 bridgehead atoms. The molecule has 0 aliphatic heterocycles. The lowest BCUT2D eigenvalue weighted by atomic mass is 10.1.